The van der Waals surface area contributed by atoms with E-state index in [2.05, 4.69) is 11.9 Å². The molecule has 4 heteroatoms. The van der Waals surface area contributed by atoms with Gasteiger partial charge in [-0.1, -0.05) is 20.4 Å². The van der Waals surface area contributed by atoms with Crippen molar-refractivity contribution in [1.82, 2.24) is 5.32 Å². The summed E-state index contributed by atoms with van der Waals surface area (Å²) >= 11 is 0. The molecular weight excluding hydrogens is 212 g/mol. The molecule has 0 spiro atoms. The Bertz CT molecular complexity index is 225. The average molecular weight is 235 g/mol. The van der Waals surface area contributed by atoms with Crippen molar-refractivity contribution in [2.45, 2.75) is 52.1 Å². The number of carbonyl (C=O) groups is 1. The highest BCUT2D eigenvalue weighted by atomic mass is 35.5. The van der Waals surface area contributed by atoms with E-state index in [-0.39, 0.29) is 29.9 Å². The van der Waals surface area contributed by atoms with Gasteiger partial charge in [0.25, 0.3) is 0 Å². The van der Waals surface area contributed by atoms with Gasteiger partial charge in [0, 0.05) is 17.2 Å². The first kappa shape index (κ1) is 16.9. The normalized spacial score (nSPS) is 12.6. The van der Waals surface area contributed by atoms with Gasteiger partial charge in [-0.05, 0) is 26.7 Å². The van der Waals surface area contributed by atoms with Crippen molar-refractivity contribution < 1.29 is 4.79 Å². The van der Waals surface area contributed by atoms with Crippen LogP contribution in [0.3, 0.4) is 0 Å². The lowest BCUT2D eigenvalue weighted by atomic mass is 9.86. The highest BCUT2D eigenvalue weighted by Crippen LogP contribution is 2.16. The Kier molecular flexibility index (Phi) is 7.71. The number of hydrogen-bond acceptors (Lipinski definition) is 2. The second-order valence-corrected chi connectivity index (χ2v) is 3.92. The zero-order valence-electron chi connectivity index (χ0n) is 10.1. The molecule has 90 valence electrons. The zero-order chi connectivity index (χ0) is 11.4. The summed E-state index contributed by atoms with van der Waals surface area (Å²) in [4.78, 5) is 11.4. The molecule has 0 aromatic rings. The van der Waals surface area contributed by atoms with Crippen LogP contribution < -0.4 is 11.1 Å². The van der Waals surface area contributed by atoms with Crippen molar-refractivity contribution in [3.63, 3.8) is 0 Å². The standard InChI is InChI=1S/C11H22N2O.ClH/c1-6-11(12,7-2)9(5)13-10(14)8(3)4;/h9H,3,6-7,12H2,1-2,4-5H3,(H,13,14);1H. The molecule has 3 nitrogen and oxygen atoms in total. The summed E-state index contributed by atoms with van der Waals surface area (Å²) in [7, 11) is 0. The van der Waals surface area contributed by atoms with E-state index in [4.69, 9.17) is 5.73 Å². The van der Waals surface area contributed by atoms with Crippen LogP contribution in [0.15, 0.2) is 12.2 Å². The first-order valence-electron chi connectivity index (χ1n) is 5.12. The van der Waals surface area contributed by atoms with Gasteiger partial charge in [0.05, 0.1) is 0 Å². The predicted molar refractivity (Wildman–Crippen MR) is 67.2 cm³/mol. The molecule has 0 saturated heterocycles. The Morgan fingerprint density at radius 3 is 2.13 bits per heavy atom. The van der Waals surface area contributed by atoms with E-state index in [0.717, 1.165) is 12.8 Å². The van der Waals surface area contributed by atoms with Crippen LogP contribution in [0.25, 0.3) is 0 Å². The summed E-state index contributed by atoms with van der Waals surface area (Å²) in [6.45, 7) is 11.3. The van der Waals surface area contributed by atoms with Gasteiger partial charge >= 0.3 is 0 Å². The maximum atomic E-state index is 11.4. The van der Waals surface area contributed by atoms with Gasteiger partial charge in [-0.3, -0.25) is 4.79 Å². The molecule has 1 unspecified atom stereocenters. The molecule has 0 bridgehead atoms. The van der Waals surface area contributed by atoms with Crippen LogP contribution in [0.1, 0.15) is 40.5 Å². The molecule has 1 atom stereocenters. The van der Waals surface area contributed by atoms with E-state index in [0.29, 0.717) is 5.57 Å². The van der Waals surface area contributed by atoms with Crippen LogP contribution >= 0.6 is 12.4 Å². The summed E-state index contributed by atoms with van der Waals surface area (Å²) in [6.07, 6.45) is 1.70. The molecule has 15 heavy (non-hydrogen) atoms. The van der Waals surface area contributed by atoms with Gasteiger partial charge in [-0.15, -0.1) is 12.4 Å². The Labute approximate surface area is 98.9 Å². The van der Waals surface area contributed by atoms with E-state index in [9.17, 15) is 4.79 Å². The molecule has 0 aromatic carbocycles. The number of nitrogens with one attached hydrogen (secondary N) is 1. The lowest BCUT2D eigenvalue weighted by Crippen LogP contribution is -2.56. The summed E-state index contributed by atoms with van der Waals surface area (Å²) in [5.74, 6) is -0.116. The largest absolute Gasteiger partial charge is 0.348 e. The minimum absolute atomic E-state index is 0. The minimum atomic E-state index is -0.314. The highest BCUT2D eigenvalue weighted by molar-refractivity contribution is 5.92. The fourth-order valence-corrected chi connectivity index (χ4v) is 1.33. The Morgan fingerprint density at radius 2 is 1.87 bits per heavy atom. The lowest BCUT2D eigenvalue weighted by Gasteiger charge is -2.34. The number of rotatable bonds is 5. The Morgan fingerprint density at radius 1 is 1.47 bits per heavy atom. The van der Waals surface area contributed by atoms with Crippen LogP contribution in [0.2, 0.25) is 0 Å². The Balaban J connectivity index is 0. The molecule has 0 fully saturated rings. The lowest BCUT2D eigenvalue weighted by molar-refractivity contribution is -0.118. The van der Waals surface area contributed by atoms with Gasteiger partial charge in [-0.25, -0.2) is 0 Å². The third kappa shape index (κ3) is 4.67. The second-order valence-electron chi connectivity index (χ2n) is 3.92. The third-order valence-electron chi connectivity index (χ3n) is 2.91. The average Bonchev–Trinajstić information content (AvgIpc) is 2.16. The number of amides is 1. The quantitative estimate of drug-likeness (QED) is 0.715. The van der Waals surface area contributed by atoms with Crippen molar-refractivity contribution >= 4 is 18.3 Å². The van der Waals surface area contributed by atoms with Crippen molar-refractivity contribution in [3.8, 4) is 0 Å². The SMILES string of the molecule is C=C(C)C(=O)NC(C)C(N)(CC)CC.Cl. The van der Waals surface area contributed by atoms with Gasteiger partial charge in [0.2, 0.25) is 5.91 Å². The monoisotopic (exact) mass is 234 g/mol. The molecule has 0 heterocycles. The van der Waals surface area contributed by atoms with Crippen LogP contribution in [0.4, 0.5) is 0 Å². The van der Waals surface area contributed by atoms with Gasteiger partial charge in [0.1, 0.15) is 0 Å². The Hall–Kier alpha value is -0.540. The van der Waals surface area contributed by atoms with Crippen molar-refractivity contribution in [2.24, 2.45) is 5.73 Å². The molecule has 0 aromatic heterocycles. The molecule has 0 aliphatic heterocycles. The third-order valence-corrected chi connectivity index (χ3v) is 2.91. The summed E-state index contributed by atoms with van der Waals surface area (Å²) < 4.78 is 0. The maximum absolute atomic E-state index is 11.4. The summed E-state index contributed by atoms with van der Waals surface area (Å²) in [5, 5.41) is 2.86. The first-order chi connectivity index (χ1) is 6.37. The zero-order valence-corrected chi connectivity index (χ0v) is 10.9. The van der Waals surface area contributed by atoms with Gasteiger partial charge in [0.15, 0.2) is 0 Å². The first-order valence-corrected chi connectivity index (χ1v) is 5.12. The fourth-order valence-electron chi connectivity index (χ4n) is 1.33. The molecule has 0 rings (SSSR count). The minimum Gasteiger partial charge on any atom is -0.348 e. The molecule has 0 saturated carbocycles. The molecule has 3 N–H and O–H groups in total. The second kappa shape index (κ2) is 6.85. The van der Waals surface area contributed by atoms with Crippen molar-refractivity contribution in [2.75, 3.05) is 0 Å². The van der Waals surface area contributed by atoms with Crippen molar-refractivity contribution in [3.05, 3.63) is 12.2 Å². The molecule has 0 radical (unpaired) electrons. The highest BCUT2D eigenvalue weighted by Gasteiger charge is 2.28. The number of hydrogen-bond donors (Lipinski definition) is 2. The van der Waals surface area contributed by atoms with E-state index in [1.807, 2.05) is 20.8 Å². The predicted octanol–water partition coefficient (Wildman–Crippen LogP) is 2.01. The fraction of sp³-hybridized carbons (Fsp3) is 0.727. The summed E-state index contributed by atoms with van der Waals surface area (Å²) in [5.41, 5.74) is 6.35. The van der Waals surface area contributed by atoms with Gasteiger partial charge in [-0.2, -0.15) is 0 Å². The summed E-state index contributed by atoms with van der Waals surface area (Å²) in [6, 6.07) is -0.0262. The van der Waals surface area contributed by atoms with Crippen LogP contribution in [0.5, 0.6) is 0 Å². The van der Waals surface area contributed by atoms with E-state index >= 15 is 0 Å². The molecule has 0 aliphatic rings. The van der Waals surface area contributed by atoms with E-state index < -0.39 is 0 Å². The topological polar surface area (TPSA) is 55.1 Å². The number of halogens is 1. The van der Waals surface area contributed by atoms with E-state index in [1.54, 1.807) is 6.92 Å². The van der Waals surface area contributed by atoms with Crippen LogP contribution in [0, 0.1) is 0 Å². The van der Waals surface area contributed by atoms with Crippen molar-refractivity contribution in [1.29, 1.82) is 0 Å². The van der Waals surface area contributed by atoms with Crippen LogP contribution in [-0.4, -0.2) is 17.5 Å². The molecule has 1 amide bonds. The number of carbonyl (C=O) groups excluding carboxylic acids is 1. The smallest absolute Gasteiger partial charge is 0.246 e. The van der Waals surface area contributed by atoms with Crippen LogP contribution in [-0.2, 0) is 4.79 Å². The van der Waals surface area contributed by atoms with Gasteiger partial charge < -0.3 is 11.1 Å². The molecule has 0 aliphatic carbocycles. The number of nitrogens with two attached hydrogens (primary N) is 1. The molecular formula is C11H23ClN2O. The maximum Gasteiger partial charge on any atom is 0.246 e. The van der Waals surface area contributed by atoms with E-state index in [1.165, 1.54) is 0 Å².